The summed E-state index contributed by atoms with van der Waals surface area (Å²) in [6, 6.07) is 6.76. The molecule has 8 nitrogen and oxygen atoms in total. The second-order valence-corrected chi connectivity index (χ2v) is 5.69. The fraction of sp³-hybridized carbons (Fsp3) is 0.300. The maximum absolute atomic E-state index is 11.8. The van der Waals surface area contributed by atoms with Gasteiger partial charge >= 0.3 is 0 Å². The van der Waals surface area contributed by atoms with Crippen LogP contribution in [0.25, 0.3) is 0 Å². The molecule has 0 aliphatic rings. The SMILES string of the molecule is O=S(=O)(Cc1cccc(CO)c1)NCc1nn[nH]n1. The largest absolute Gasteiger partial charge is 0.392 e. The molecule has 102 valence electrons. The molecule has 1 heterocycles. The first-order chi connectivity index (χ1) is 9.09. The van der Waals surface area contributed by atoms with Crippen molar-refractivity contribution >= 4 is 10.0 Å². The Balaban J connectivity index is 2.00. The molecule has 0 bridgehead atoms. The minimum atomic E-state index is -3.49. The number of aromatic amines is 1. The van der Waals surface area contributed by atoms with Gasteiger partial charge in [0.15, 0.2) is 5.82 Å². The van der Waals surface area contributed by atoms with Gasteiger partial charge in [0.1, 0.15) is 0 Å². The third-order valence-corrected chi connectivity index (χ3v) is 3.67. The van der Waals surface area contributed by atoms with Crippen LogP contribution in [0.15, 0.2) is 24.3 Å². The summed E-state index contributed by atoms with van der Waals surface area (Å²) in [4.78, 5) is 0. The second-order valence-electron chi connectivity index (χ2n) is 3.89. The molecule has 2 aromatic rings. The van der Waals surface area contributed by atoms with Crippen molar-refractivity contribution in [2.45, 2.75) is 18.9 Å². The van der Waals surface area contributed by atoms with Crippen LogP contribution in [0.5, 0.6) is 0 Å². The number of hydrogen-bond acceptors (Lipinski definition) is 6. The topological polar surface area (TPSA) is 121 Å². The number of H-pyrrole nitrogens is 1. The van der Waals surface area contributed by atoms with Gasteiger partial charge in [-0.15, -0.1) is 10.2 Å². The van der Waals surface area contributed by atoms with E-state index in [4.69, 9.17) is 5.11 Å². The van der Waals surface area contributed by atoms with Crippen molar-refractivity contribution < 1.29 is 13.5 Å². The predicted molar refractivity (Wildman–Crippen MR) is 66.0 cm³/mol. The Morgan fingerprint density at radius 3 is 2.79 bits per heavy atom. The second kappa shape index (κ2) is 5.87. The number of benzene rings is 1. The van der Waals surface area contributed by atoms with Crippen molar-refractivity contribution in [2.24, 2.45) is 0 Å². The van der Waals surface area contributed by atoms with Gasteiger partial charge in [0, 0.05) is 0 Å². The van der Waals surface area contributed by atoms with Gasteiger partial charge in [-0.25, -0.2) is 13.1 Å². The summed E-state index contributed by atoms with van der Waals surface area (Å²) in [6.07, 6.45) is 0. The van der Waals surface area contributed by atoms with Crippen molar-refractivity contribution in [3.63, 3.8) is 0 Å². The van der Waals surface area contributed by atoms with Crippen LogP contribution in [-0.2, 0) is 28.9 Å². The number of aliphatic hydroxyl groups is 1. The summed E-state index contributed by atoms with van der Waals surface area (Å²) in [5.41, 5.74) is 1.28. The minimum absolute atomic E-state index is 0.0154. The van der Waals surface area contributed by atoms with E-state index in [-0.39, 0.29) is 24.7 Å². The number of sulfonamides is 1. The van der Waals surface area contributed by atoms with Crippen LogP contribution in [0.2, 0.25) is 0 Å². The molecule has 9 heteroatoms. The van der Waals surface area contributed by atoms with Crippen LogP contribution >= 0.6 is 0 Å². The Hall–Kier alpha value is -1.84. The first-order valence-corrected chi connectivity index (χ1v) is 7.12. The Morgan fingerprint density at radius 2 is 2.11 bits per heavy atom. The minimum Gasteiger partial charge on any atom is -0.392 e. The number of rotatable bonds is 6. The zero-order valence-corrected chi connectivity index (χ0v) is 10.8. The standard InChI is InChI=1S/C10H13N5O3S/c16-6-8-2-1-3-9(4-8)7-19(17,18)11-5-10-12-14-15-13-10/h1-4,11,16H,5-7H2,(H,12,13,14,15). The van der Waals surface area contributed by atoms with Crippen LogP contribution in [-0.4, -0.2) is 34.1 Å². The van der Waals surface area contributed by atoms with E-state index in [1.54, 1.807) is 24.3 Å². The first-order valence-electron chi connectivity index (χ1n) is 5.47. The van der Waals surface area contributed by atoms with E-state index in [9.17, 15) is 8.42 Å². The van der Waals surface area contributed by atoms with E-state index in [1.807, 2.05) is 0 Å². The fourth-order valence-electron chi connectivity index (χ4n) is 1.52. The number of tetrazole rings is 1. The predicted octanol–water partition coefficient (Wildman–Crippen LogP) is -0.688. The third-order valence-electron chi connectivity index (χ3n) is 2.37. The van der Waals surface area contributed by atoms with Gasteiger partial charge in [0.05, 0.1) is 18.9 Å². The lowest BCUT2D eigenvalue weighted by molar-refractivity contribution is 0.282. The van der Waals surface area contributed by atoms with Gasteiger partial charge < -0.3 is 5.11 Å². The van der Waals surface area contributed by atoms with Crippen molar-refractivity contribution in [3.8, 4) is 0 Å². The number of aliphatic hydroxyl groups excluding tert-OH is 1. The molecular formula is C10H13N5O3S. The van der Waals surface area contributed by atoms with E-state index >= 15 is 0 Å². The molecule has 3 N–H and O–H groups in total. The molecule has 2 rings (SSSR count). The molecule has 0 amide bonds. The highest BCUT2D eigenvalue weighted by Crippen LogP contribution is 2.08. The van der Waals surface area contributed by atoms with Gasteiger partial charge in [-0.1, -0.05) is 29.5 Å². The Morgan fingerprint density at radius 1 is 1.32 bits per heavy atom. The van der Waals surface area contributed by atoms with Gasteiger partial charge in [0.2, 0.25) is 10.0 Å². The van der Waals surface area contributed by atoms with Crippen molar-refractivity contribution in [3.05, 3.63) is 41.2 Å². The average molecular weight is 283 g/mol. The van der Waals surface area contributed by atoms with Gasteiger partial charge in [-0.2, -0.15) is 5.21 Å². The number of nitrogens with zero attached hydrogens (tertiary/aromatic N) is 3. The Kier molecular flexibility index (Phi) is 4.20. The molecule has 19 heavy (non-hydrogen) atoms. The van der Waals surface area contributed by atoms with Crippen LogP contribution < -0.4 is 4.72 Å². The summed E-state index contributed by atoms with van der Waals surface area (Å²) in [5.74, 6) is 0.103. The highest BCUT2D eigenvalue weighted by Gasteiger charge is 2.12. The molecule has 0 saturated heterocycles. The van der Waals surface area contributed by atoms with Crippen LogP contribution in [0.4, 0.5) is 0 Å². The molecule has 0 spiro atoms. The summed E-state index contributed by atoms with van der Waals surface area (Å²) in [7, 11) is -3.49. The lowest BCUT2D eigenvalue weighted by Crippen LogP contribution is -2.25. The molecular weight excluding hydrogens is 270 g/mol. The maximum atomic E-state index is 11.8. The highest BCUT2D eigenvalue weighted by atomic mass is 32.2. The lowest BCUT2D eigenvalue weighted by Gasteiger charge is -2.06. The first kappa shape index (κ1) is 13.6. The van der Waals surface area contributed by atoms with Crippen LogP contribution in [0.3, 0.4) is 0 Å². The normalized spacial score (nSPS) is 11.6. The number of aromatic nitrogens is 4. The molecule has 0 saturated carbocycles. The molecule has 0 aliphatic carbocycles. The van der Waals surface area contributed by atoms with E-state index in [1.165, 1.54) is 0 Å². The monoisotopic (exact) mass is 283 g/mol. The zero-order chi connectivity index (χ0) is 13.7. The van der Waals surface area contributed by atoms with Crippen LogP contribution in [0.1, 0.15) is 17.0 Å². The zero-order valence-electron chi connectivity index (χ0n) is 9.94. The van der Waals surface area contributed by atoms with Gasteiger partial charge in [-0.3, -0.25) is 0 Å². The number of hydrogen-bond donors (Lipinski definition) is 3. The van der Waals surface area contributed by atoms with E-state index in [0.29, 0.717) is 11.1 Å². The van der Waals surface area contributed by atoms with Gasteiger partial charge in [0.25, 0.3) is 0 Å². The maximum Gasteiger partial charge on any atom is 0.216 e. The molecule has 0 aliphatic heterocycles. The fourth-order valence-corrected chi connectivity index (χ4v) is 2.59. The molecule has 1 aromatic heterocycles. The molecule has 0 unspecified atom stereocenters. The summed E-state index contributed by atoms with van der Waals surface area (Å²) in [6.45, 7) is -0.136. The van der Waals surface area contributed by atoms with E-state index in [0.717, 1.165) is 0 Å². The van der Waals surface area contributed by atoms with Crippen molar-refractivity contribution in [1.82, 2.24) is 25.3 Å². The molecule has 0 radical (unpaired) electrons. The van der Waals surface area contributed by atoms with Crippen molar-refractivity contribution in [1.29, 1.82) is 0 Å². The van der Waals surface area contributed by atoms with Crippen LogP contribution in [0, 0.1) is 0 Å². The lowest BCUT2D eigenvalue weighted by atomic mass is 10.1. The molecule has 1 aromatic carbocycles. The summed E-state index contributed by atoms with van der Waals surface area (Å²) >= 11 is 0. The summed E-state index contributed by atoms with van der Waals surface area (Å²) < 4.78 is 26.0. The Bertz CT molecular complexity index is 626. The average Bonchev–Trinajstić information content (AvgIpc) is 2.89. The van der Waals surface area contributed by atoms with E-state index in [2.05, 4.69) is 25.3 Å². The molecule has 0 atom stereocenters. The smallest absolute Gasteiger partial charge is 0.216 e. The van der Waals surface area contributed by atoms with Crippen molar-refractivity contribution in [2.75, 3.05) is 0 Å². The van der Waals surface area contributed by atoms with E-state index < -0.39 is 10.0 Å². The highest BCUT2D eigenvalue weighted by molar-refractivity contribution is 7.88. The number of nitrogens with one attached hydrogen (secondary N) is 2. The third kappa shape index (κ3) is 4.09. The summed E-state index contributed by atoms with van der Waals surface area (Å²) in [5, 5.41) is 21.9. The molecule has 0 fully saturated rings. The van der Waals surface area contributed by atoms with Gasteiger partial charge in [-0.05, 0) is 11.1 Å². The Labute approximate surface area is 109 Å². The quantitative estimate of drug-likeness (QED) is 0.645.